The van der Waals surface area contributed by atoms with Gasteiger partial charge in [0.25, 0.3) is 0 Å². The van der Waals surface area contributed by atoms with Crippen LogP contribution in [-0.4, -0.2) is 41.9 Å². The molecule has 1 saturated carbocycles. The van der Waals surface area contributed by atoms with Gasteiger partial charge in [0.15, 0.2) is 0 Å². The van der Waals surface area contributed by atoms with E-state index in [1.165, 1.54) is 0 Å². The maximum absolute atomic E-state index is 12.5. The van der Waals surface area contributed by atoms with Gasteiger partial charge in [-0.05, 0) is 32.1 Å². The molecule has 1 heterocycles. The number of rotatable bonds is 1. The summed E-state index contributed by atoms with van der Waals surface area (Å²) in [4.78, 5) is 25.7. The van der Waals surface area contributed by atoms with E-state index >= 15 is 0 Å². The summed E-state index contributed by atoms with van der Waals surface area (Å²) in [5.74, 6) is 0.559. The predicted octanol–water partition coefficient (Wildman–Crippen LogP) is 0.0968. The molecule has 4 atom stereocenters. The summed E-state index contributed by atoms with van der Waals surface area (Å²) in [5.41, 5.74) is 6.05. The van der Waals surface area contributed by atoms with Gasteiger partial charge in [0.2, 0.25) is 11.8 Å². The Morgan fingerprint density at radius 3 is 2.78 bits per heavy atom. The van der Waals surface area contributed by atoms with Crippen molar-refractivity contribution in [3.8, 4) is 0 Å². The lowest BCUT2D eigenvalue weighted by Crippen LogP contribution is -2.57. The average molecular weight is 253 g/mol. The van der Waals surface area contributed by atoms with Crippen LogP contribution in [0.3, 0.4) is 0 Å². The maximum Gasteiger partial charge on any atom is 0.242 e. The van der Waals surface area contributed by atoms with E-state index in [4.69, 9.17) is 5.73 Å². The predicted molar refractivity (Wildman–Crippen MR) is 68.7 cm³/mol. The third kappa shape index (κ3) is 2.51. The van der Waals surface area contributed by atoms with Crippen molar-refractivity contribution in [2.75, 3.05) is 13.1 Å². The Bertz CT molecular complexity index is 345. The fourth-order valence-electron chi connectivity index (χ4n) is 2.90. The zero-order chi connectivity index (χ0) is 13.3. The van der Waals surface area contributed by atoms with Gasteiger partial charge >= 0.3 is 0 Å². The Kier molecular flexibility index (Phi) is 3.90. The molecule has 5 nitrogen and oxygen atoms in total. The molecule has 102 valence electrons. The fraction of sp³-hybridized carbons (Fsp3) is 0.846. The molecule has 1 aliphatic heterocycles. The molecular formula is C13H23N3O2. The molecule has 0 bridgehead atoms. The Balaban J connectivity index is 2.00. The Hall–Kier alpha value is -1.10. The molecule has 1 aliphatic carbocycles. The zero-order valence-electron chi connectivity index (χ0n) is 11.2. The highest BCUT2D eigenvalue weighted by molar-refractivity contribution is 5.89. The van der Waals surface area contributed by atoms with E-state index in [1.807, 2.05) is 0 Å². The van der Waals surface area contributed by atoms with E-state index in [2.05, 4.69) is 12.2 Å². The minimum atomic E-state index is -0.346. The number of hydrogen-bond acceptors (Lipinski definition) is 3. The van der Waals surface area contributed by atoms with Crippen molar-refractivity contribution in [2.24, 2.45) is 17.6 Å². The van der Waals surface area contributed by atoms with Gasteiger partial charge < -0.3 is 16.0 Å². The zero-order valence-corrected chi connectivity index (χ0v) is 11.2. The van der Waals surface area contributed by atoms with Gasteiger partial charge in [0.1, 0.15) is 6.04 Å². The highest BCUT2D eigenvalue weighted by Crippen LogP contribution is 2.29. The maximum atomic E-state index is 12.5. The van der Waals surface area contributed by atoms with Crippen LogP contribution in [0, 0.1) is 11.8 Å². The van der Waals surface area contributed by atoms with Crippen molar-refractivity contribution in [3.05, 3.63) is 0 Å². The summed E-state index contributed by atoms with van der Waals surface area (Å²) in [5, 5.41) is 2.78. The summed E-state index contributed by atoms with van der Waals surface area (Å²) >= 11 is 0. The van der Waals surface area contributed by atoms with Crippen molar-refractivity contribution in [2.45, 2.75) is 45.2 Å². The van der Waals surface area contributed by atoms with Crippen molar-refractivity contribution in [1.82, 2.24) is 10.2 Å². The second kappa shape index (κ2) is 5.26. The molecule has 0 aromatic carbocycles. The van der Waals surface area contributed by atoms with Crippen molar-refractivity contribution in [1.29, 1.82) is 0 Å². The first-order valence-electron chi connectivity index (χ1n) is 6.84. The molecule has 0 radical (unpaired) electrons. The summed E-state index contributed by atoms with van der Waals surface area (Å²) < 4.78 is 0. The minimum absolute atomic E-state index is 0.00421. The van der Waals surface area contributed by atoms with Crippen LogP contribution in [0.5, 0.6) is 0 Å². The van der Waals surface area contributed by atoms with Crippen LogP contribution in [0.25, 0.3) is 0 Å². The van der Waals surface area contributed by atoms with Crippen LogP contribution in [0.4, 0.5) is 0 Å². The van der Waals surface area contributed by atoms with Crippen LogP contribution < -0.4 is 11.1 Å². The third-order valence-corrected chi connectivity index (χ3v) is 4.39. The van der Waals surface area contributed by atoms with E-state index in [-0.39, 0.29) is 29.8 Å². The second-order valence-electron chi connectivity index (χ2n) is 5.65. The molecule has 3 N–H and O–H groups in total. The molecule has 2 amide bonds. The first-order valence-corrected chi connectivity index (χ1v) is 6.84. The van der Waals surface area contributed by atoms with Crippen LogP contribution in [0.15, 0.2) is 0 Å². The van der Waals surface area contributed by atoms with E-state index in [0.717, 1.165) is 19.3 Å². The molecular weight excluding hydrogens is 230 g/mol. The summed E-state index contributed by atoms with van der Waals surface area (Å²) in [6, 6.07) is -0.233. The number of carbonyl (C=O) groups is 2. The lowest BCUT2D eigenvalue weighted by molar-refractivity contribution is -0.146. The van der Waals surface area contributed by atoms with E-state index < -0.39 is 0 Å². The summed E-state index contributed by atoms with van der Waals surface area (Å²) in [6.07, 6.45) is 2.66. The Morgan fingerprint density at radius 2 is 2.11 bits per heavy atom. The molecule has 1 saturated heterocycles. The topological polar surface area (TPSA) is 75.4 Å². The van der Waals surface area contributed by atoms with Crippen LogP contribution >= 0.6 is 0 Å². The largest absolute Gasteiger partial charge is 0.353 e. The van der Waals surface area contributed by atoms with Crippen LogP contribution in [0.2, 0.25) is 0 Å². The number of carbonyl (C=O) groups excluding carboxylic acids is 2. The normalized spacial score (nSPS) is 37.3. The van der Waals surface area contributed by atoms with Gasteiger partial charge in [-0.2, -0.15) is 0 Å². The molecule has 0 spiro atoms. The summed E-state index contributed by atoms with van der Waals surface area (Å²) in [6.45, 7) is 5.11. The highest BCUT2D eigenvalue weighted by Gasteiger charge is 2.36. The van der Waals surface area contributed by atoms with Crippen molar-refractivity contribution in [3.63, 3.8) is 0 Å². The van der Waals surface area contributed by atoms with Gasteiger partial charge in [0.05, 0.1) is 0 Å². The third-order valence-electron chi connectivity index (χ3n) is 4.39. The van der Waals surface area contributed by atoms with Crippen molar-refractivity contribution >= 4 is 11.8 Å². The number of amides is 2. The van der Waals surface area contributed by atoms with Gasteiger partial charge in [-0.1, -0.05) is 6.92 Å². The average Bonchev–Trinajstić information content (AvgIpc) is 2.35. The monoisotopic (exact) mass is 253 g/mol. The van der Waals surface area contributed by atoms with Crippen LogP contribution in [0.1, 0.15) is 33.1 Å². The molecule has 2 rings (SSSR count). The molecule has 2 fully saturated rings. The first-order chi connectivity index (χ1) is 8.50. The number of nitrogens with zero attached hydrogens (tertiary/aromatic N) is 1. The molecule has 0 aromatic rings. The molecule has 0 aromatic heterocycles. The fourth-order valence-corrected chi connectivity index (χ4v) is 2.90. The number of nitrogens with two attached hydrogens (primary N) is 1. The van der Waals surface area contributed by atoms with Gasteiger partial charge in [-0.25, -0.2) is 0 Å². The van der Waals surface area contributed by atoms with Gasteiger partial charge in [-0.15, -0.1) is 0 Å². The SMILES string of the molecule is CC1CCC(C(=O)N2CCNC(=O)C2C)CC1N. The minimum Gasteiger partial charge on any atom is -0.353 e. The Morgan fingerprint density at radius 1 is 1.39 bits per heavy atom. The Labute approximate surface area is 108 Å². The smallest absolute Gasteiger partial charge is 0.242 e. The standard InChI is InChI=1S/C13H23N3O2/c1-8-3-4-10(7-11(8)14)13(18)16-6-5-15-12(17)9(16)2/h8-11H,3-7,14H2,1-2H3,(H,15,17). The highest BCUT2D eigenvalue weighted by atomic mass is 16.2. The molecule has 4 unspecified atom stereocenters. The van der Waals surface area contributed by atoms with Crippen molar-refractivity contribution < 1.29 is 9.59 Å². The van der Waals surface area contributed by atoms with E-state index in [0.29, 0.717) is 19.0 Å². The number of nitrogens with one attached hydrogen (secondary N) is 1. The second-order valence-corrected chi connectivity index (χ2v) is 5.65. The van der Waals surface area contributed by atoms with Gasteiger partial charge in [-0.3, -0.25) is 9.59 Å². The number of hydrogen-bond donors (Lipinski definition) is 2. The lowest BCUT2D eigenvalue weighted by atomic mass is 9.79. The van der Waals surface area contributed by atoms with E-state index in [1.54, 1.807) is 11.8 Å². The molecule has 5 heteroatoms. The first kappa shape index (κ1) is 13.3. The molecule has 2 aliphatic rings. The lowest BCUT2D eigenvalue weighted by Gasteiger charge is -2.38. The van der Waals surface area contributed by atoms with Crippen LogP contribution in [-0.2, 0) is 9.59 Å². The summed E-state index contributed by atoms with van der Waals surface area (Å²) in [7, 11) is 0. The molecule has 18 heavy (non-hydrogen) atoms. The quantitative estimate of drug-likeness (QED) is 0.696. The van der Waals surface area contributed by atoms with Gasteiger partial charge in [0, 0.05) is 25.0 Å². The number of piperazine rings is 1. The van der Waals surface area contributed by atoms with E-state index in [9.17, 15) is 9.59 Å².